The van der Waals surface area contributed by atoms with Gasteiger partial charge in [-0.3, -0.25) is 0 Å². The van der Waals surface area contributed by atoms with Crippen molar-refractivity contribution in [2.24, 2.45) is 5.92 Å². The molecule has 0 aromatic rings. The molecule has 3 atom stereocenters. The van der Waals surface area contributed by atoms with E-state index in [4.69, 9.17) is 0 Å². The normalized spacial score (nSPS) is 38.1. The molecule has 0 amide bonds. The maximum absolute atomic E-state index is 4.02. The van der Waals surface area contributed by atoms with Crippen molar-refractivity contribution >= 4 is 0 Å². The number of piperidine rings is 1. The zero-order valence-corrected chi connectivity index (χ0v) is 12.5. The Bertz CT molecular complexity index is 267. The van der Waals surface area contributed by atoms with Crippen molar-refractivity contribution in [1.82, 2.24) is 15.5 Å². The van der Waals surface area contributed by atoms with Crippen LogP contribution in [0, 0.1) is 5.92 Å². The SMILES string of the molecule is CCN1CCC(NC2CCCC2C2CCCN2)CC1. The average Bonchev–Trinajstić information content (AvgIpc) is 3.10. The van der Waals surface area contributed by atoms with E-state index in [1.807, 2.05) is 0 Å². The third-order valence-electron chi connectivity index (χ3n) is 5.67. The molecule has 3 heteroatoms. The highest BCUT2D eigenvalue weighted by Gasteiger charge is 2.36. The molecule has 0 radical (unpaired) electrons. The number of hydrogen-bond donors (Lipinski definition) is 2. The lowest BCUT2D eigenvalue weighted by molar-refractivity contribution is 0.187. The predicted octanol–water partition coefficient (Wildman–Crippen LogP) is 1.98. The first-order valence-corrected chi connectivity index (χ1v) is 8.58. The summed E-state index contributed by atoms with van der Waals surface area (Å²) in [6.45, 7) is 7.36. The Labute approximate surface area is 118 Å². The average molecular weight is 265 g/mol. The quantitative estimate of drug-likeness (QED) is 0.814. The van der Waals surface area contributed by atoms with Gasteiger partial charge in [-0.2, -0.15) is 0 Å². The van der Waals surface area contributed by atoms with Crippen LogP contribution in [0.5, 0.6) is 0 Å². The second-order valence-electron chi connectivity index (χ2n) is 6.78. The molecule has 2 N–H and O–H groups in total. The first-order chi connectivity index (χ1) is 9.36. The molecular weight excluding hydrogens is 234 g/mol. The van der Waals surface area contributed by atoms with Crippen LogP contribution in [0.25, 0.3) is 0 Å². The molecule has 3 fully saturated rings. The van der Waals surface area contributed by atoms with Gasteiger partial charge in [-0.15, -0.1) is 0 Å². The summed E-state index contributed by atoms with van der Waals surface area (Å²) in [5.41, 5.74) is 0. The summed E-state index contributed by atoms with van der Waals surface area (Å²) >= 11 is 0. The van der Waals surface area contributed by atoms with E-state index in [-0.39, 0.29) is 0 Å². The van der Waals surface area contributed by atoms with Gasteiger partial charge in [-0.25, -0.2) is 0 Å². The second kappa shape index (κ2) is 6.55. The van der Waals surface area contributed by atoms with Gasteiger partial charge in [0.2, 0.25) is 0 Å². The van der Waals surface area contributed by atoms with Crippen molar-refractivity contribution in [2.45, 2.75) is 70.0 Å². The van der Waals surface area contributed by atoms with E-state index in [2.05, 4.69) is 22.5 Å². The maximum Gasteiger partial charge on any atom is 0.0113 e. The van der Waals surface area contributed by atoms with E-state index < -0.39 is 0 Å². The van der Waals surface area contributed by atoms with Crippen LogP contribution in [0.2, 0.25) is 0 Å². The molecule has 0 bridgehead atoms. The van der Waals surface area contributed by atoms with Gasteiger partial charge in [-0.1, -0.05) is 13.3 Å². The number of rotatable bonds is 4. The molecule has 2 heterocycles. The highest BCUT2D eigenvalue weighted by molar-refractivity contribution is 4.95. The third kappa shape index (κ3) is 3.32. The molecule has 3 rings (SSSR count). The van der Waals surface area contributed by atoms with Crippen molar-refractivity contribution in [1.29, 1.82) is 0 Å². The summed E-state index contributed by atoms with van der Waals surface area (Å²) in [6, 6.07) is 2.40. The molecule has 2 aliphatic heterocycles. The first kappa shape index (κ1) is 13.8. The van der Waals surface area contributed by atoms with E-state index in [9.17, 15) is 0 Å². The smallest absolute Gasteiger partial charge is 0.0113 e. The standard InChI is InChI=1S/C16H31N3/c1-2-19-11-8-13(9-12-19)18-16-6-3-5-14(16)15-7-4-10-17-15/h13-18H,2-12H2,1H3. The molecule has 0 spiro atoms. The van der Waals surface area contributed by atoms with Crippen molar-refractivity contribution in [2.75, 3.05) is 26.2 Å². The number of likely N-dealkylation sites (tertiary alicyclic amines) is 1. The molecule has 3 aliphatic rings. The highest BCUT2D eigenvalue weighted by Crippen LogP contribution is 2.32. The van der Waals surface area contributed by atoms with Crippen molar-refractivity contribution < 1.29 is 0 Å². The molecule has 110 valence electrons. The molecule has 3 nitrogen and oxygen atoms in total. The van der Waals surface area contributed by atoms with Crippen LogP contribution in [0.15, 0.2) is 0 Å². The lowest BCUT2D eigenvalue weighted by Crippen LogP contribution is -2.49. The number of nitrogens with one attached hydrogen (secondary N) is 2. The zero-order chi connectivity index (χ0) is 13.1. The summed E-state index contributed by atoms with van der Waals surface area (Å²) in [4.78, 5) is 2.59. The number of hydrogen-bond acceptors (Lipinski definition) is 3. The summed E-state index contributed by atoms with van der Waals surface area (Å²) in [5.74, 6) is 0.909. The molecule has 1 saturated carbocycles. The fraction of sp³-hybridized carbons (Fsp3) is 1.00. The van der Waals surface area contributed by atoms with Crippen molar-refractivity contribution in [3.8, 4) is 0 Å². The van der Waals surface area contributed by atoms with E-state index in [0.717, 1.165) is 24.0 Å². The Kier molecular flexibility index (Phi) is 4.78. The van der Waals surface area contributed by atoms with Crippen LogP contribution < -0.4 is 10.6 Å². The van der Waals surface area contributed by atoms with Gasteiger partial charge in [0.1, 0.15) is 0 Å². The minimum atomic E-state index is 0.787. The molecule has 1 aliphatic carbocycles. The van der Waals surface area contributed by atoms with Gasteiger partial charge >= 0.3 is 0 Å². The van der Waals surface area contributed by atoms with Crippen molar-refractivity contribution in [3.63, 3.8) is 0 Å². The molecule has 0 aromatic carbocycles. The minimum Gasteiger partial charge on any atom is -0.314 e. The Morgan fingerprint density at radius 2 is 1.89 bits per heavy atom. The van der Waals surface area contributed by atoms with Crippen LogP contribution in [-0.4, -0.2) is 49.2 Å². The summed E-state index contributed by atoms with van der Waals surface area (Å²) in [7, 11) is 0. The summed E-state index contributed by atoms with van der Waals surface area (Å²) in [5, 5.41) is 7.76. The second-order valence-corrected chi connectivity index (χ2v) is 6.78. The van der Waals surface area contributed by atoms with E-state index in [1.165, 1.54) is 71.1 Å². The molecule has 0 aromatic heterocycles. The molecule has 19 heavy (non-hydrogen) atoms. The lowest BCUT2D eigenvalue weighted by atomic mass is 9.91. The van der Waals surface area contributed by atoms with E-state index >= 15 is 0 Å². The Morgan fingerprint density at radius 1 is 1.05 bits per heavy atom. The first-order valence-electron chi connectivity index (χ1n) is 8.58. The van der Waals surface area contributed by atoms with Crippen LogP contribution in [-0.2, 0) is 0 Å². The van der Waals surface area contributed by atoms with Crippen LogP contribution in [0.4, 0.5) is 0 Å². The fourth-order valence-corrected chi connectivity index (χ4v) is 4.47. The Morgan fingerprint density at radius 3 is 2.58 bits per heavy atom. The third-order valence-corrected chi connectivity index (χ3v) is 5.67. The monoisotopic (exact) mass is 265 g/mol. The van der Waals surface area contributed by atoms with Gasteiger partial charge < -0.3 is 15.5 Å². The van der Waals surface area contributed by atoms with Gasteiger partial charge in [0.25, 0.3) is 0 Å². The minimum absolute atomic E-state index is 0.787. The van der Waals surface area contributed by atoms with Gasteiger partial charge in [-0.05, 0) is 70.6 Å². The van der Waals surface area contributed by atoms with E-state index in [1.54, 1.807) is 0 Å². The highest BCUT2D eigenvalue weighted by atomic mass is 15.1. The predicted molar refractivity (Wildman–Crippen MR) is 80.4 cm³/mol. The summed E-state index contributed by atoms with van der Waals surface area (Å²) < 4.78 is 0. The molecule has 3 unspecified atom stereocenters. The van der Waals surface area contributed by atoms with Crippen LogP contribution in [0.1, 0.15) is 51.9 Å². The fourth-order valence-electron chi connectivity index (χ4n) is 4.47. The molecule has 2 saturated heterocycles. The van der Waals surface area contributed by atoms with E-state index in [0.29, 0.717) is 0 Å². The Balaban J connectivity index is 1.48. The topological polar surface area (TPSA) is 27.3 Å². The number of nitrogens with zero attached hydrogens (tertiary/aromatic N) is 1. The zero-order valence-electron chi connectivity index (χ0n) is 12.5. The Hall–Kier alpha value is -0.120. The molecular formula is C16H31N3. The summed E-state index contributed by atoms with van der Waals surface area (Å²) in [6.07, 6.45) is 9.82. The van der Waals surface area contributed by atoms with Gasteiger partial charge in [0.05, 0.1) is 0 Å². The van der Waals surface area contributed by atoms with Crippen molar-refractivity contribution in [3.05, 3.63) is 0 Å². The van der Waals surface area contributed by atoms with Gasteiger partial charge in [0, 0.05) is 18.1 Å². The largest absolute Gasteiger partial charge is 0.314 e. The lowest BCUT2D eigenvalue weighted by Gasteiger charge is -2.35. The van der Waals surface area contributed by atoms with Crippen LogP contribution in [0.3, 0.4) is 0 Å². The van der Waals surface area contributed by atoms with Gasteiger partial charge in [0.15, 0.2) is 0 Å². The maximum atomic E-state index is 4.02. The van der Waals surface area contributed by atoms with Crippen LogP contribution >= 0.6 is 0 Å².